The third kappa shape index (κ3) is 2.13. The molecule has 1 aromatic carbocycles. The summed E-state index contributed by atoms with van der Waals surface area (Å²) >= 11 is 0. The van der Waals surface area contributed by atoms with Crippen molar-refractivity contribution in [3.8, 4) is 11.8 Å². The van der Waals surface area contributed by atoms with E-state index in [1.165, 1.54) is 5.56 Å². The van der Waals surface area contributed by atoms with Crippen LogP contribution in [0.3, 0.4) is 0 Å². The van der Waals surface area contributed by atoms with Crippen molar-refractivity contribution in [1.82, 2.24) is 0 Å². The van der Waals surface area contributed by atoms with Crippen molar-refractivity contribution in [1.29, 1.82) is 0 Å². The molecule has 0 bridgehead atoms. The Balaban J connectivity index is 2.24. The maximum absolute atomic E-state index is 10.7. The third-order valence-electron chi connectivity index (χ3n) is 3.40. The lowest BCUT2D eigenvalue weighted by Crippen LogP contribution is -2.30. The molecule has 1 nitrogen and oxygen atoms in total. The van der Waals surface area contributed by atoms with Crippen LogP contribution in [0, 0.1) is 11.8 Å². The van der Waals surface area contributed by atoms with Gasteiger partial charge in [0.2, 0.25) is 0 Å². The van der Waals surface area contributed by atoms with Crippen LogP contribution in [0.4, 0.5) is 0 Å². The first-order valence-corrected chi connectivity index (χ1v) is 5.97. The summed E-state index contributed by atoms with van der Waals surface area (Å²) in [6.07, 6.45) is 4.58. The highest BCUT2D eigenvalue weighted by molar-refractivity contribution is 5.34. The summed E-state index contributed by atoms with van der Waals surface area (Å²) in [7, 11) is 0. The molecular formula is C15H18O. The molecule has 0 aromatic heterocycles. The number of aliphatic hydroxyl groups is 1. The number of hydrogen-bond acceptors (Lipinski definition) is 1. The molecule has 0 saturated carbocycles. The fourth-order valence-electron chi connectivity index (χ4n) is 2.55. The van der Waals surface area contributed by atoms with Crippen molar-refractivity contribution < 1.29 is 5.11 Å². The lowest BCUT2D eigenvalue weighted by atomic mass is 9.77. The molecule has 1 aromatic rings. The van der Waals surface area contributed by atoms with E-state index in [4.69, 9.17) is 0 Å². The SMILES string of the molecule is CC#CCCC1(O)CCCc2ccccc21. The molecule has 0 radical (unpaired) electrons. The van der Waals surface area contributed by atoms with E-state index in [2.05, 4.69) is 30.0 Å². The summed E-state index contributed by atoms with van der Waals surface area (Å²) in [6, 6.07) is 8.26. The standard InChI is InChI=1S/C15H18O/c1-2-3-6-11-15(16)12-7-9-13-8-4-5-10-14(13)15/h4-5,8,10,16H,6-7,9,11-12H2,1H3. The van der Waals surface area contributed by atoms with Crippen LogP contribution in [0.25, 0.3) is 0 Å². The van der Waals surface area contributed by atoms with E-state index in [1.807, 2.05) is 13.0 Å². The topological polar surface area (TPSA) is 20.2 Å². The van der Waals surface area contributed by atoms with Crippen LogP contribution in [0.15, 0.2) is 24.3 Å². The molecule has 1 N–H and O–H groups in total. The highest BCUT2D eigenvalue weighted by Gasteiger charge is 2.33. The third-order valence-corrected chi connectivity index (χ3v) is 3.40. The van der Waals surface area contributed by atoms with E-state index in [0.717, 1.165) is 37.7 Å². The fraction of sp³-hybridized carbons (Fsp3) is 0.467. The highest BCUT2D eigenvalue weighted by atomic mass is 16.3. The first-order chi connectivity index (χ1) is 7.76. The minimum Gasteiger partial charge on any atom is -0.385 e. The summed E-state index contributed by atoms with van der Waals surface area (Å²) in [5.41, 5.74) is 1.79. The van der Waals surface area contributed by atoms with E-state index in [0.29, 0.717) is 0 Å². The van der Waals surface area contributed by atoms with Crippen molar-refractivity contribution in [2.45, 2.75) is 44.6 Å². The average Bonchev–Trinajstić information content (AvgIpc) is 2.30. The Morgan fingerprint density at radius 1 is 1.38 bits per heavy atom. The molecule has 0 saturated heterocycles. The van der Waals surface area contributed by atoms with Crippen LogP contribution in [0.5, 0.6) is 0 Å². The summed E-state index contributed by atoms with van der Waals surface area (Å²) in [6.45, 7) is 1.85. The molecule has 0 amide bonds. The van der Waals surface area contributed by atoms with Crippen LogP contribution in [0.2, 0.25) is 0 Å². The van der Waals surface area contributed by atoms with Gasteiger partial charge in [-0.2, -0.15) is 0 Å². The van der Waals surface area contributed by atoms with Gasteiger partial charge in [0.1, 0.15) is 0 Å². The van der Waals surface area contributed by atoms with E-state index >= 15 is 0 Å². The molecule has 84 valence electrons. The predicted octanol–water partition coefficient (Wildman–Crippen LogP) is 3.01. The van der Waals surface area contributed by atoms with Gasteiger partial charge in [-0.3, -0.25) is 0 Å². The number of benzene rings is 1. The number of aryl methyl sites for hydroxylation is 1. The van der Waals surface area contributed by atoms with Gasteiger partial charge in [0.05, 0.1) is 5.60 Å². The zero-order valence-corrected chi connectivity index (χ0v) is 9.79. The Morgan fingerprint density at radius 3 is 3.00 bits per heavy atom. The van der Waals surface area contributed by atoms with Crippen molar-refractivity contribution >= 4 is 0 Å². The van der Waals surface area contributed by atoms with Crippen LogP contribution in [0.1, 0.15) is 43.7 Å². The second kappa shape index (κ2) is 4.72. The van der Waals surface area contributed by atoms with Crippen molar-refractivity contribution in [3.63, 3.8) is 0 Å². The minimum atomic E-state index is -0.640. The highest BCUT2D eigenvalue weighted by Crippen LogP contribution is 2.38. The zero-order chi connectivity index (χ0) is 11.4. The Morgan fingerprint density at radius 2 is 2.19 bits per heavy atom. The molecule has 1 atom stereocenters. The van der Waals surface area contributed by atoms with Crippen molar-refractivity contribution in [3.05, 3.63) is 35.4 Å². The molecule has 1 unspecified atom stereocenters. The van der Waals surface area contributed by atoms with E-state index in [-0.39, 0.29) is 0 Å². The Kier molecular flexibility index (Phi) is 3.31. The minimum absolute atomic E-state index is 0.640. The molecule has 2 rings (SSSR count). The zero-order valence-electron chi connectivity index (χ0n) is 9.79. The Bertz CT molecular complexity index is 425. The monoisotopic (exact) mass is 214 g/mol. The molecule has 16 heavy (non-hydrogen) atoms. The summed E-state index contributed by atoms with van der Waals surface area (Å²) in [5, 5.41) is 10.7. The van der Waals surface area contributed by atoms with Crippen LogP contribution in [-0.2, 0) is 12.0 Å². The van der Waals surface area contributed by atoms with Gasteiger partial charge in [-0.05, 0) is 43.7 Å². The van der Waals surface area contributed by atoms with Gasteiger partial charge in [-0.1, -0.05) is 24.3 Å². The molecule has 0 spiro atoms. The first-order valence-electron chi connectivity index (χ1n) is 5.97. The second-order valence-corrected chi connectivity index (χ2v) is 4.47. The maximum atomic E-state index is 10.7. The smallest absolute Gasteiger partial charge is 0.0908 e. The second-order valence-electron chi connectivity index (χ2n) is 4.47. The van der Waals surface area contributed by atoms with Crippen LogP contribution < -0.4 is 0 Å². The summed E-state index contributed by atoms with van der Waals surface area (Å²) < 4.78 is 0. The van der Waals surface area contributed by atoms with Gasteiger partial charge < -0.3 is 5.11 Å². The number of fused-ring (bicyclic) bond motifs is 1. The normalized spacial score (nSPS) is 23.1. The average molecular weight is 214 g/mol. The van der Waals surface area contributed by atoms with E-state index in [1.54, 1.807) is 0 Å². The fourth-order valence-corrected chi connectivity index (χ4v) is 2.55. The predicted molar refractivity (Wildman–Crippen MR) is 66.0 cm³/mol. The summed E-state index contributed by atoms with van der Waals surface area (Å²) in [4.78, 5) is 0. The van der Waals surface area contributed by atoms with Gasteiger partial charge in [-0.25, -0.2) is 0 Å². The molecule has 0 heterocycles. The quantitative estimate of drug-likeness (QED) is 0.750. The van der Waals surface area contributed by atoms with Crippen LogP contribution in [-0.4, -0.2) is 5.11 Å². The number of rotatable bonds is 2. The first kappa shape index (κ1) is 11.2. The molecule has 1 aliphatic carbocycles. The van der Waals surface area contributed by atoms with Crippen molar-refractivity contribution in [2.24, 2.45) is 0 Å². The summed E-state index contributed by atoms with van der Waals surface area (Å²) in [5.74, 6) is 5.93. The van der Waals surface area contributed by atoms with Gasteiger partial charge in [0.25, 0.3) is 0 Å². The molecule has 1 aliphatic rings. The lowest BCUT2D eigenvalue weighted by molar-refractivity contribution is 0.0115. The molecule has 1 heteroatoms. The Labute approximate surface area is 97.5 Å². The van der Waals surface area contributed by atoms with Gasteiger partial charge in [0.15, 0.2) is 0 Å². The van der Waals surface area contributed by atoms with Gasteiger partial charge in [-0.15, -0.1) is 11.8 Å². The molecule has 0 aliphatic heterocycles. The van der Waals surface area contributed by atoms with Crippen molar-refractivity contribution in [2.75, 3.05) is 0 Å². The van der Waals surface area contributed by atoms with E-state index < -0.39 is 5.60 Å². The largest absolute Gasteiger partial charge is 0.385 e. The number of hydrogen-bond donors (Lipinski definition) is 1. The molecular weight excluding hydrogens is 196 g/mol. The maximum Gasteiger partial charge on any atom is 0.0908 e. The van der Waals surface area contributed by atoms with Gasteiger partial charge >= 0.3 is 0 Å². The lowest BCUT2D eigenvalue weighted by Gasteiger charge is -2.34. The van der Waals surface area contributed by atoms with Crippen LogP contribution >= 0.6 is 0 Å². The van der Waals surface area contributed by atoms with E-state index in [9.17, 15) is 5.11 Å². The van der Waals surface area contributed by atoms with Gasteiger partial charge in [0, 0.05) is 6.42 Å². The Hall–Kier alpha value is -1.26. The molecule has 0 fully saturated rings.